The molecule has 0 aromatic carbocycles. The van der Waals surface area contributed by atoms with Crippen LogP contribution in [0.5, 0.6) is 0 Å². The summed E-state index contributed by atoms with van der Waals surface area (Å²) in [5, 5.41) is 3.06. The molecule has 0 saturated heterocycles. The quantitative estimate of drug-likeness (QED) is 0.651. The highest BCUT2D eigenvalue weighted by molar-refractivity contribution is 6.21. The molecule has 2 atom stereocenters. The zero-order valence-electron chi connectivity index (χ0n) is 10.0. The molecule has 94 valence electrons. The normalized spacial score (nSPS) is 25.3. The van der Waals surface area contributed by atoms with Crippen LogP contribution in [0.4, 0.5) is 0 Å². The smallest absolute Gasteiger partial charge is 0.254 e. The summed E-state index contributed by atoms with van der Waals surface area (Å²) in [7, 11) is 0. The molecule has 0 aliphatic heterocycles. The van der Waals surface area contributed by atoms with E-state index < -0.39 is 0 Å². The van der Waals surface area contributed by atoms with Crippen molar-refractivity contribution in [3.8, 4) is 0 Å². The second kappa shape index (κ2) is 5.58. The largest absolute Gasteiger partial charge is 0.469 e. The van der Waals surface area contributed by atoms with E-state index in [2.05, 4.69) is 5.32 Å². The molecule has 1 N–H and O–H groups in total. The minimum absolute atomic E-state index is 0.0504. The number of furan rings is 1. The SMILES string of the molecule is Cc1cc(C(=O)NC2CCCCCC2Cl)co1. The van der Waals surface area contributed by atoms with Crippen molar-refractivity contribution < 1.29 is 9.21 Å². The Morgan fingerprint density at radius 2 is 2.18 bits per heavy atom. The number of hydrogen-bond acceptors (Lipinski definition) is 2. The van der Waals surface area contributed by atoms with E-state index in [9.17, 15) is 4.79 Å². The van der Waals surface area contributed by atoms with Gasteiger partial charge in [-0.3, -0.25) is 4.79 Å². The van der Waals surface area contributed by atoms with Crippen LogP contribution < -0.4 is 5.32 Å². The molecule has 1 aliphatic carbocycles. The predicted molar refractivity (Wildman–Crippen MR) is 67.4 cm³/mol. The molecule has 1 fully saturated rings. The summed E-state index contributed by atoms with van der Waals surface area (Å²) in [6.07, 6.45) is 6.95. The van der Waals surface area contributed by atoms with Crippen molar-refractivity contribution >= 4 is 17.5 Å². The number of aryl methyl sites for hydroxylation is 1. The highest BCUT2D eigenvalue weighted by Gasteiger charge is 2.24. The number of alkyl halides is 1. The molecule has 0 radical (unpaired) electrons. The summed E-state index contributed by atoms with van der Waals surface area (Å²) < 4.78 is 5.13. The van der Waals surface area contributed by atoms with Crippen LogP contribution in [0.25, 0.3) is 0 Å². The van der Waals surface area contributed by atoms with Gasteiger partial charge in [-0.25, -0.2) is 0 Å². The molecule has 1 saturated carbocycles. The first-order valence-corrected chi connectivity index (χ1v) is 6.60. The third kappa shape index (κ3) is 3.25. The fourth-order valence-corrected chi connectivity index (χ4v) is 2.58. The van der Waals surface area contributed by atoms with E-state index in [0.717, 1.165) is 31.4 Å². The average molecular weight is 256 g/mol. The van der Waals surface area contributed by atoms with Gasteiger partial charge < -0.3 is 9.73 Å². The van der Waals surface area contributed by atoms with Crippen LogP contribution in [0.15, 0.2) is 16.7 Å². The third-order valence-corrected chi connectivity index (χ3v) is 3.76. The Morgan fingerprint density at radius 3 is 2.88 bits per heavy atom. The number of carbonyl (C=O) groups excluding carboxylic acids is 1. The number of nitrogens with one attached hydrogen (secondary N) is 1. The van der Waals surface area contributed by atoms with Crippen molar-refractivity contribution in [3.05, 3.63) is 23.7 Å². The molecule has 0 bridgehead atoms. The molecule has 2 unspecified atom stereocenters. The summed E-state index contributed by atoms with van der Waals surface area (Å²) in [4.78, 5) is 12.0. The molecule has 0 spiro atoms. The lowest BCUT2D eigenvalue weighted by Gasteiger charge is -2.20. The van der Waals surface area contributed by atoms with Crippen LogP contribution in [-0.4, -0.2) is 17.3 Å². The monoisotopic (exact) mass is 255 g/mol. The highest BCUT2D eigenvalue weighted by atomic mass is 35.5. The number of rotatable bonds is 2. The van der Waals surface area contributed by atoms with Gasteiger partial charge in [-0.2, -0.15) is 0 Å². The van der Waals surface area contributed by atoms with Gasteiger partial charge in [-0.15, -0.1) is 11.6 Å². The van der Waals surface area contributed by atoms with Crippen LogP contribution >= 0.6 is 11.6 Å². The first kappa shape index (κ1) is 12.5. The fraction of sp³-hybridized carbons (Fsp3) is 0.615. The summed E-state index contributed by atoms with van der Waals surface area (Å²) in [6.45, 7) is 1.83. The van der Waals surface area contributed by atoms with E-state index >= 15 is 0 Å². The van der Waals surface area contributed by atoms with Crippen molar-refractivity contribution in [1.29, 1.82) is 0 Å². The number of carbonyl (C=O) groups is 1. The van der Waals surface area contributed by atoms with E-state index in [1.165, 1.54) is 12.7 Å². The molecule has 4 heteroatoms. The molecule has 17 heavy (non-hydrogen) atoms. The van der Waals surface area contributed by atoms with Gasteiger partial charge in [0.1, 0.15) is 12.0 Å². The summed E-state index contributed by atoms with van der Waals surface area (Å²) in [6, 6.07) is 1.83. The Hall–Kier alpha value is -0.960. The molecular formula is C13H18ClNO2. The van der Waals surface area contributed by atoms with Gasteiger partial charge in [0.2, 0.25) is 0 Å². The fourth-order valence-electron chi connectivity index (χ4n) is 2.24. The Bertz CT molecular complexity index is 389. The number of amides is 1. The zero-order valence-corrected chi connectivity index (χ0v) is 10.8. The maximum Gasteiger partial charge on any atom is 0.254 e. The maximum absolute atomic E-state index is 12.0. The molecule has 1 amide bonds. The van der Waals surface area contributed by atoms with Crippen LogP contribution in [0.1, 0.15) is 48.2 Å². The third-order valence-electron chi connectivity index (χ3n) is 3.24. The summed E-state index contributed by atoms with van der Waals surface area (Å²) in [5.41, 5.74) is 0.579. The van der Waals surface area contributed by atoms with Crippen molar-refractivity contribution in [2.24, 2.45) is 0 Å². The van der Waals surface area contributed by atoms with Crippen LogP contribution in [-0.2, 0) is 0 Å². The first-order valence-electron chi connectivity index (χ1n) is 6.17. The van der Waals surface area contributed by atoms with Gasteiger partial charge in [0, 0.05) is 6.04 Å². The summed E-state index contributed by atoms with van der Waals surface area (Å²) >= 11 is 6.29. The van der Waals surface area contributed by atoms with Gasteiger partial charge >= 0.3 is 0 Å². The number of halogens is 1. The van der Waals surface area contributed by atoms with Crippen LogP contribution in [0, 0.1) is 6.92 Å². The molecule has 1 aliphatic rings. The molecule has 1 aromatic heterocycles. The van der Waals surface area contributed by atoms with Gasteiger partial charge in [0.15, 0.2) is 0 Å². The second-order valence-corrected chi connectivity index (χ2v) is 5.24. The topological polar surface area (TPSA) is 42.2 Å². The minimum Gasteiger partial charge on any atom is -0.469 e. The van der Waals surface area contributed by atoms with Gasteiger partial charge in [-0.05, 0) is 25.8 Å². The van der Waals surface area contributed by atoms with Crippen LogP contribution in [0.3, 0.4) is 0 Å². The summed E-state index contributed by atoms with van der Waals surface area (Å²) in [5.74, 6) is 0.665. The Balaban J connectivity index is 1.97. The Morgan fingerprint density at radius 1 is 1.41 bits per heavy atom. The van der Waals surface area contributed by atoms with Crippen molar-refractivity contribution in [2.75, 3.05) is 0 Å². The maximum atomic E-state index is 12.0. The standard InChI is InChI=1S/C13H18ClNO2/c1-9-7-10(8-17-9)13(16)15-12-6-4-2-3-5-11(12)14/h7-8,11-12H,2-6H2,1H3,(H,15,16). The lowest BCUT2D eigenvalue weighted by molar-refractivity contribution is 0.0933. The van der Waals surface area contributed by atoms with E-state index in [1.807, 2.05) is 6.92 Å². The Labute approximate surface area is 107 Å². The van der Waals surface area contributed by atoms with Crippen molar-refractivity contribution in [2.45, 2.75) is 50.4 Å². The lowest BCUT2D eigenvalue weighted by atomic mass is 10.1. The first-order chi connectivity index (χ1) is 8.16. The zero-order chi connectivity index (χ0) is 12.3. The lowest BCUT2D eigenvalue weighted by Crippen LogP contribution is -2.40. The van der Waals surface area contributed by atoms with E-state index in [4.69, 9.17) is 16.0 Å². The highest BCUT2D eigenvalue weighted by Crippen LogP contribution is 2.22. The Kier molecular flexibility index (Phi) is 4.11. The molecule has 1 heterocycles. The minimum atomic E-state index is -0.0839. The molecule has 2 rings (SSSR count). The van der Waals surface area contributed by atoms with Crippen molar-refractivity contribution in [3.63, 3.8) is 0 Å². The number of hydrogen-bond donors (Lipinski definition) is 1. The van der Waals surface area contributed by atoms with E-state index in [-0.39, 0.29) is 17.3 Å². The van der Waals surface area contributed by atoms with E-state index in [0.29, 0.717) is 5.56 Å². The van der Waals surface area contributed by atoms with Crippen LogP contribution in [0.2, 0.25) is 0 Å². The molecule has 3 nitrogen and oxygen atoms in total. The van der Waals surface area contributed by atoms with E-state index in [1.54, 1.807) is 6.07 Å². The predicted octanol–water partition coefficient (Wildman–Crippen LogP) is 3.26. The van der Waals surface area contributed by atoms with Gasteiger partial charge in [0.05, 0.1) is 10.9 Å². The van der Waals surface area contributed by atoms with Crippen molar-refractivity contribution in [1.82, 2.24) is 5.32 Å². The second-order valence-electron chi connectivity index (χ2n) is 4.68. The molecular weight excluding hydrogens is 238 g/mol. The van der Waals surface area contributed by atoms with Gasteiger partial charge in [0.25, 0.3) is 5.91 Å². The molecule has 1 aromatic rings. The van der Waals surface area contributed by atoms with Gasteiger partial charge in [-0.1, -0.05) is 19.3 Å². The average Bonchev–Trinajstić information content (AvgIpc) is 2.63.